The van der Waals surface area contributed by atoms with Gasteiger partial charge in [0.05, 0.1) is 22.7 Å². The van der Waals surface area contributed by atoms with E-state index in [4.69, 9.17) is 10.7 Å². The fraction of sp³-hybridized carbons (Fsp3) is 0.409. The Morgan fingerprint density at radius 3 is 2.63 bits per heavy atom. The summed E-state index contributed by atoms with van der Waals surface area (Å²) in [5.41, 5.74) is 8.48. The Morgan fingerprint density at radius 1 is 1.33 bits per heavy atom. The van der Waals surface area contributed by atoms with Gasteiger partial charge in [-0.25, -0.2) is 0 Å². The van der Waals surface area contributed by atoms with Crippen LogP contribution < -0.4 is 11.1 Å². The molecule has 8 heteroatoms. The molecule has 5 nitrogen and oxygen atoms in total. The van der Waals surface area contributed by atoms with E-state index in [0.29, 0.717) is 23.0 Å². The molecule has 1 aromatic carbocycles. The van der Waals surface area contributed by atoms with E-state index in [2.05, 4.69) is 5.32 Å². The zero-order valence-corrected chi connectivity index (χ0v) is 16.8. The van der Waals surface area contributed by atoms with Crippen LogP contribution in [0, 0.1) is 5.92 Å². The van der Waals surface area contributed by atoms with Gasteiger partial charge < -0.3 is 11.1 Å². The molecule has 1 aliphatic carbocycles. The molecule has 0 saturated heterocycles. The van der Waals surface area contributed by atoms with Crippen LogP contribution in [0.5, 0.6) is 0 Å². The molecule has 2 amide bonds. The van der Waals surface area contributed by atoms with Gasteiger partial charge in [-0.15, -0.1) is 0 Å². The molecule has 1 aromatic heterocycles. The lowest BCUT2D eigenvalue weighted by atomic mass is 9.85. The van der Waals surface area contributed by atoms with Crippen LogP contribution in [0.15, 0.2) is 30.3 Å². The number of hydrogen-bond acceptors (Lipinski definition) is 3. The number of aromatic nitrogens is 1. The lowest BCUT2D eigenvalue weighted by Crippen LogP contribution is -2.27. The van der Waals surface area contributed by atoms with Gasteiger partial charge in [0.15, 0.2) is 0 Å². The van der Waals surface area contributed by atoms with Crippen molar-refractivity contribution in [3.8, 4) is 0 Å². The number of allylic oxidation sites excluding steroid dienone is 2. The number of benzene rings is 1. The van der Waals surface area contributed by atoms with Crippen LogP contribution in [0.4, 0.5) is 13.2 Å². The number of rotatable bonds is 5. The average Bonchev–Trinajstić information content (AvgIpc) is 2.69. The fourth-order valence-electron chi connectivity index (χ4n) is 3.81. The molecule has 0 fully saturated rings. The lowest BCUT2D eigenvalue weighted by molar-refractivity contribution is -0.175. The van der Waals surface area contributed by atoms with Crippen molar-refractivity contribution in [1.82, 2.24) is 10.3 Å². The standard InChI is InChI=1S/C22H24F3N3O2/c1-12(11-27-13(2)29)19-18(21(26)30)10-15-4-3-5-17(20(15)28-19)14-6-8-16(9-7-14)22(23,24)25/h3-6,10,12,16H,7-9,11H2,1-2H3,(H2,26,30)(H,27,29)/t12-,16?/m1/s1. The Hall–Kier alpha value is -2.90. The third-order valence-corrected chi connectivity index (χ3v) is 5.48. The molecule has 1 unspecified atom stereocenters. The molecule has 3 N–H and O–H groups in total. The van der Waals surface area contributed by atoms with Gasteiger partial charge in [0.25, 0.3) is 5.91 Å². The van der Waals surface area contributed by atoms with Crippen molar-refractivity contribution in [2.75, 3.05) is 6.54 Å². The lowest BCUT2D eigenvalue weighted by Gasteiger charge is -2.25. The molecule has 30 heavy (non-hydrogen) atoms. The molecule has 0 radical (unpaired) electrons. The maximum absolute atomic E-state index is 13.0. The van der Waals surface area contributed by atoms with Crippen LogP contribution in [0.25, 0.3) is 16.5 Å². The third kappa shape index (κ3) is 4.63. The van der Waals surface area contributed by atoms with Crippen LogP contribution in [-0.4, -0.2) is 29.5 Å². The van der Waals surface area contributed by atoms with Gasteiger partial charge in [0.1, 0.15) is 0 Å². The predicted molar refractivity (Wildman–Crippen MR) is 109 cm³/mol. The first-order valence-electron chi connectivity index (χ1n) is 9.82. The minimum atomic E-state index is -4.19. The van der Waals surface area contributed by atoms with Crippen molar-refractivity contribution < 1.29 is 22.8 Å². The number of fused-ring (bicyclic) bond motifs is 1. The highest BCUT2D eigenvalue weighted by molar-refractivity contribution is 6.00. The number of alkyl halides is 3. The Morgan fingerprint density at radius 2 is 2.07 bits per heavy atom. The van der Waals surface area contributed by atoms with E-state index in [1.54, 1.807) is 24.3 Å². The maximum Gasteiger partial charge on any atom is 0.392 e. The number of halogens is 3. The van der Waals surface area contributed by atoms with Crippen LogP contribution in [-0.2, 0) is 4.79 Å². The van der Waals surface area contributed by atoms with E-state index in [1.807, 2.05) is 13.0 Å². The first kappa shape index (κ1) is 21.8. The number of hydrogen-bond donors (Lipinski definition) is 2. The van der Waals surface area contributed by atoms with Gasteiger partial charge in [-0.1, -0.05) is 31.2 Å². The smallest absolute Gasteiger partial charge is 0.366 e. The number of amides is 2. The summed E-state index contributed by atoms with van der Waals surface area (Å²) in [7, 11) is 0. The minimum Gasteiger partial charge on any atom is -0.366 e. The van der Waals surface area contributed by atoms with Crippen molar-refractivity contribution in [2.24, 2.45) is 11.7 Å². The van der Waals surface area contributed by atoms with E-state index < -0.39 is 18.0 Å². The molecule has 2 aromatic rings. The van der Waals surface area contributed by atoms with Gasteiger partial charge in [-0.3, -0.25) is 14.6 Å². The molecule has 2 atom stereocenters. The van der Waals surface area contributed by atoms with E-state index >= 15 is 0 Å². The second-order valence-corrected chi connectivity index (χ2v) is 7.74. The molecule has 0 aliphatic heterocycles. The SMILES string of the molecule is CC(=O)NC[C@@H](C)c1nc2c(C3=CCC(C(F)(F)F)CC3)cccc2cc1C(N)=O. The van der Waals surface area contributed by atoms with Crippen molar-refractivity contribution >= 4 is 28.3 Å². The number of carbonyl (C=O) groups is 2. The first-order chi connectivity index (χ1) is 14.1. The molecule has 1 heterocycles. The highest BCUT2D eigenvalue weighted by Crippen LogP contribution is 2.40. The Bertz CT molecular complexity index is 1010. The van der Waals surface area contributed by atoms with Gasteiger partial charge in [-0.05, 0) is 30.9 Å². The van der Waals surface area contributed by atoms with E-state index in [9.17, 15) is 22.8 Å². The monoisotopic (exact) mass is 419 g/mol. The van der Waals surface area contributed by atoms with Crippen LogP contribution in [0.3, 0.4) is 0 Å². The number of para-hydroxylation sites is 1. The number of nitrogens with zero attached hydrogens (tertiary/aromatic N) is 1. The second kappa shape index (κ2) is 8.45. The maximum atomic E-state index is 13.0. The molecule has 1 aliphatic rings. The number of nitrogens with one attached hydrogen (secondary N) is 1. The molecular weight excluding hydrogens is 395 g/mol. The van der Waals surface area contributed by atoms with Crippen molar-refractivity contribution in [1.29, 1.82) is 0 Å². The van der Waals surface area contributed by atoms with E-state index in [0.717, 1.165) is 11.1 Å². The highest BCUT2D eigenvalue weighted by atomic mass is 19.4. The zero-order valence-electron chi connectivity index (χ0n) is 16.8. The summed E-state index contributed by atoms with van der Waals surface area (Å²) in [5.74, 6) is -2.41. The van der Waals surface area contributed by atoms with Gasteiger partial charge in [-0.2, -0.15) is 13.2 Å². The topological polar surface area (TPSA) is 85.1 Å². The third-order valence-electron chi connectivity index (χ3n) is 5.48. The number of nitrogens with two attached hydrogens (primary N) is 1. The molecule has 0 saturated carbocycles. The second-order valence-electron chi connectivity index (χ2n) is 7.74. The van der Waals surface area contributed by atoms with Crippen molar-refractivity contribution in [3.05, 3.63) is 47.2 Å². The van der Waals surface area contributed by atoms with Crippen LogP contribution in [0.1, 0.15) is 60.6 Å². The summed E-state index contributed by atoms with van der Waals surface area (Å²) < 4.78 is 39.0. The Labute approximate surface area is 172 Å². The largest absolute Gasteiger partial charge is 0.392 e. The predicted octanol–water partition coefficient (Wildman–Crippen LogP) is 4.32. The summed E-state index contributed by atoms with van der Waals surface area (Å²) in [6, 6.07) is 7.08. The first-order valence-corrected chi connectivity index (χ1v) is 9.82. The number of pyridine rings is 1. The van der Waals surface area contributed by atoms with Gasteiger partial charge >= 0.3 is 6.18 Å². The fourth-order valence-corrected chi connectivity index (χ4v) is 3.81. The highest BCUT2D eigenvalue weighted by Gasteiger charge is 2.39. The summed E-state index contributed by atoms with van der Waals surface area (Å²) in [6.07, 6.45) is -2.27. The van der Waals surface area contributed by atoms with Crippen LogP contribution in [0.2, 0.25) is 0 Å². The van der Waals surface area contributed by atoms with E-state index in [-0.39, 0.29) is 36.8 Å². The van der Waals surface area contributed by atoms with Crippen molar-refractivity contribution in [3.63, 3.8) is 0 Å². The normalized spacial score (nSPS) is 18.0. The van der Waals surface area contributed by atoms with Crippen LogP contribution >= 0.6 is 0 Å². The minimum absolute atomic E-state index is 0.0386. The van der Waals surface area contributed by atoms with Gasteiger partial charge in [0, 0.05) is 30.3 Å². The zero-order chi connectivity index (χ0) is 22.1. The molecule has 3 rings (SSSR count). The Kier molecular flexibility index (Phi) is 6.14. The molecule has 0 bridgehead atoms. The summed E-state index contributed by atoms with van der Waals surface area (Å²) >= 11 is 0. The van der Waals surface area contributed by atoms with Crippen molar-refractivity contribution in [2.45, 2.75) is 45.2 Å². The summed E-state index contributed by atoms with van der Waals surface area (Å²) in [6.45, 7) is 3.51. The Balaban J connectivity index is 2.05. The van der Waals surface area contributed by atoms with E-state index in [1.165, 1.54) is 6.92 Å². The van der Waals surface area contributed by atoms with Gasteiger partial charge in [0.2, 0.25) is 5.91 Å². The number of primary amides is 1. The average molecular weight is 419 g/mol. The molecule has 160 valence electrons. The number of carbonyl (C=O) groups excluding carboxylic acids is 2. The molecular formula is C22H24F3N3O2. The molecule has 0 spiro atoms. The summed E-state index contributed by atoms with van der Waals surface area (Å²) in [5, 5.41) is 3.40. The quantitative estimate of drug-likeness (QED) is 0.757. The summed E-state index contributed by atoms with van der Waals surface area (Å²) in [4.78, 5) is 28.0.